The molecule has 1 aromatic rings. The molecule has 0 saturated carbocycles. The molecule has 2 unspecified atom stereocenters. The Kier molecular flexibility index (Phi) is 5.69. The second-order valence-corrected chi connectivity index (χ2v) is 5.32. The van der Waals surface area contributed by atoms with Gasteiger partial charge < -0.3 is 9.88 Å². The van der Waals surface area contributed by atoms with E-state index in [-0.39, 0.29) is 0 Å². The highest BCUT2D eigenvalue weighted by molar-refractivity contribution is 4.96. The number of aromatic nitrogens is 2. The number of rotatable bonds is 7. The molecule has 0 bridgehead atoms. The van der Waals surface area contributed by atoms with E-state index in [4.69, 9.17) is 0 Å². The van der Waals surface area contributed by atoms with Crippen LogP contribution in [0.5, 0.6) is 0 Å². The van der Waals surface area contributed by atoms with E-state index in [9.17, 15) is 0 Å². The van der Waals surface area contributed by atoms with E-state index in [2.05, 4.69) is 49.6 Å². The van der Waals surface area contributed by atoms with Crippen LogP contribution in [0.2, 0.25) is 0 Å². The van der Waals surface area contributed by atoms with E-state index in [0.717, 1.165) is 13.0 Å². The quantitative estimate of drug-likeness (QED) is 0.790. The van der Waals surface area contributed by atoms with Crippen LogP contribution < -0.4 is 5.32 Å². The molecule has 2 atom stereocenters. The van der Waals surface area contributed by atoms with Crippen molar-refractivity contribution in [1.82, 2.24) is 14.9 Å². The largest absolute Gasteiger partial charge is 0.338 e. The van der Waals surface area contributed by atoms with Crippen molar-refractivity contribution in [1.29, 1.82) is 0 Å². The average molecular weight is 237 g/mol. The summed E-state index contributed by atoms with van der Waals surface area (Å²) in [6, 6.07) is 0.524. The lowest BCUT2D eigenvalue weighted by Gasteiger charge is -2.28. The summed E-state index contributed by atoms with van der Waals surface area (Å²) in [7, 11) is 2.07. The summed E-state index contributed by atoms with van der Waals surface area (Å²) in [4.78, 5) is 4.43. The zero-order valence-corrected chi connectivity index (χ0v) is 11.9. The molecule has 0 aliphatic rings. The van der Waals surface area contributed by atoms with Gasteiger partial charge in [0.05, 0.1) is 0 Å². The van der Waals surface area contributed by atoms with E-state index >= 15 is 0 Å². The Morgan fingerprint density at radius 3 is 2.53 bits per heavy atom. The third-order valence-electron chi connectivity index (χ3n) is 3.67. The van der Waals surface area contributed by atoms with Crippen molar-refractivity contribution in [3.05, 3.63) is 18.2 Å². The molecular formula is C14H27N3. The van der Waals surface area contributed by atoms with Crippen LogP contribution in [0.4, 0.5) is 0 Å². The molecule has 98 valence electrons. The Bertz CT molecular complexity index is 317. The lowest BCUT2D eigenvalue weighted by atomic mass is 9.88. The number of nitrogens with one attached hydrogen (secondary N) is 1. The molecule has 0 aromatic carbocycles. The van der Waals surface area contributed by atoms with Crippen molar-refractivity contribution in [2.24, 2.45) is 18.9 Å². The molecular weight excluding hydrogens is 210 g/mol. The second kappa shape index (κ2) is 6.80. The van der Waals surface area contributed by atoms with Gasteiger partial charge in [-0.3, -0.25) is 0 Å². The highest BCUT2D eigenvalue weighted by Gasteiger charge is 2.21. The zero-order chi connectivity index (χ0) is 12.8. The number of aryl methyl sites for hydroxylation is 1. The van der Waals surface area contributed by atoms with Gasteiger partial charge in [0, 0.05) is 31.9 Å². The number of nitrogens with zero attached hydrogens (tertiary/aromatic N) is 2. The average Bonchev–Trinajstić information content (AvgIpc) is 2.69. The van der Waals surface area contributed by atoms with Gasteiger partial charge in [0.1, 0.15) is 5.82 Å². The minimum absolute atomic E-state index is 0.524. The van der Waals surface area contributed by atoms with Gasteiger partial charge in [0.15, 0.2) is 0 Å². The molecule has 0 aliphatic heterocycles. The Morgan fingerprint density at radius 2 is 2.06 bits per heavy atom. The number of imidazole rings is 1. The summed E-state index contributed by atoms with van der Waals surface area (Å²) in [6.45, 7) is 10.2. The SMILES string of the molecule is CCCNC(Cc1nccn1C)C(C)C(C)C. The van der Waals surface area contributed by atoms with Crippen LogP contribution in [0, 0.1) is 11.8 Å². The molecule has 3 nitrogen and oxygen atoms in total. The third-order valence-corrected chi connectivity index (χ3v) is 3.67. The summed E-state index contributed by atoms with van der Waals surface area (Å²) in [5, 5.41) is 3.66. The lowest BCUT2D eigenvalue weighted by Crippen LogP contribution is -2.40. The van der Waals surface area contributed by atoms with Crippen molar-refractivity contribution >= 4 is 0 Å². The van der Waals surface area contributed by atoms with Crippen LogP contribution in [-0.4, -0.2) is 22.1 Å². The maximum absolute atomic E-state index is 4.43. The Balaban J connectivity index is 2.66. The van der Waals surface area contributed by atoms with E-state index in [0.29, 0.717) is 17.9 Å². The van der Waals surface area contributed by atoms with Gasteiger partial charge in [-0.15, -0.1) is 0 Å². The van der Waals surface area contributed by atoms with Crippen molar-refractivity contribution in [3.8, 4) is 0 Å². The molecule has 0 aliphatic carbocycles. The van der Waals surface area contributed by atoms with Crippen LogP contribution in [0.25, 0.3) is 0 Å². The Hall–Kier alpha value is -0.830. The first kappa shape index (κ1) is 14.2. The van der Waals surface area contributed by atoms with Gasteiger partial charge in [0.2, 0.25) is 0 Å². The number of hydrogen-bond acceptors (Lipinski definition) is 2. The molecule has 0 spiro atoms. The first-order valence-electron chi connectivity index (χ1n) is 6.75. The minimum Gasteiger partial charge on any atom is -0.338 e. The monoisotopic (exact) mass is 237 g/mol. The predicted octanol–water partition coefficient (Wildman–Crippen LogP) is 2.62. The Morgan fingerprint density at radius 1 is 1.35 bits per heavy atom. The normalized spacial score (nSPS) is 15.2. The van der Waals surface area contributed by atoms with Gasteiger partial charge in [-0.25, -0.2) is 4.98 Å². The molecule has 1 heterocycles. The number of hydrogen-bond donors (Lipinski definition) is 1. The summed E-state index contributed by atoms with van der Waals surface area (Å²) < 4.78 is 2.12. The molecule has 0 saturated heterocycles. The predicted molar refractivity (Wildman–Crippen MR) is 73.0 cm³/mol. The fraction of sp³-hybridized carbons (Fsp3) is 0.786. The van der Waals surface area contributed by atoms with Gasteiger partial charge in [-0.1, -0.05) is 27.7 Å². The highest BCUT2D eigenvalue weighted by atomic mass is 15.0. The smallest absolute Gasteiger partial charge is 0.109 e. The molecule has 0 amide bonds. The van der Waals surface area contributed by atoms with Gasteiger partial charge >= 0.3 is 0 Å². The minimum atomic E-state index is 0.524. The molecule has 1 aromatic heterocycles. The standard InChI is InChI=1S/C14H27N3/c1-6-7-15-13(12(4)11(2)3)10-14-16-8-9-17(14)5/h8-9,11-13,15H,6-7,10H2,1-5H3. The van der Waals surface area contributed by atoms with Crippen molar-refractivity contribution in [2.75, 3.05) is 6.54 Å². The van der Waals surface area contributed by atoms with Crippen LogP contribution >= 0.6 is 0 Å². The van der Waals surface area contributed by atoms with Crippen LogP contribution in [0.3, 0.4) is 0 Å². The summed E-state index contributed by atoms with van der Waals surface area (Å²) in [6.07, 6.45) is 6.10. The van der Waals surface area contributed by atoms with Gasteiger partial charge in [-0.2, -0.15) is 0 Å². The lowest BCUT2D eigenvalue weighted by molar-refractivity contribution is 0.292. The van der Waals surface area contributed by atoms with Crippen molar-refractivity contribution < 1.29 is 0 Å². The van der Waals surface area contributed by atoms with E-state index in [1.807, 2.05) is 12.4 Å². The van der Waals surface area contributed by atoms with Crippen LogP contribution in [0.1, 0.15) is 39.9 Å². The highest BCUT2D eigenvalue weighted by Crippen LogP contribution is 2.17. The molecule has 17 heavy (non-hydrogen) atoms. The van der Waals surface area contributed by atoms with E-state index < -0.39 is 0 Å². The fourth-order valence-corrected chi connectivity index (χ4v) is 2.03. The molecule has 0 radical (unpaired) electrons. The zero-order valence-electron chi connectivity index (χ0n) is 11.9. The maximum Gasteiger partial charge on any atom is 0.109 e. The van der Waals surface area contributed by atoms with Crippen molar-refractivity contribution in [2.45, 2.75) is 46.6 Å². The van der Waals surface area contributed by atoms with Crippen LogP contribution in [-0.2, 0) is 13.5 Å². The van der Waals surface area contributed by atoms with E-state index in [1.54, 1.807) is 0 Å². The van der Waals surface area contributed by atoms with Gasteiger partial charge in [-0.05, 0) is 24.8 Å². The molecule has 1 N–H and O–H groups in total. The van der Waals surface area contributed by atoms with Crippen molar-refractivity contribution in [3.63, 3.8) is 0 Å². The first-order chi connectivity index (χ1) is 8.06. The molecule has 1 rings (SSSR count). The Labute approximate surface area is 106 Å². The summed E-state index contributed by atoms with van der Waals surface area (Å²) in [5.41, 5.74) is 0. The third kappa shape index (κ3) is 4.15. The molecule has 3 heteroatoms. The second-order valence-electron chi connectivity index (χ2n) is 5.32. The summed E-state index contributed by atoms with van der Waals surface area (Å²) in [5.74, 6) is 2.54. The maximum atomic E-state index is 4.43. The summed E-state index contributed by atoms with van der Waals surface area (Å²) >= 11 is 0. The van der Waals surface area contributed by atoms with Gasteiger partial charge in [0.25, 0.3) is 0 Å². The fourth-order valence-electron chi connectivity index (χ4n) is 2.03. The topological polar surface area (TPSA) is 29.9 Å². The van der Waals surface area contributed by atoms with E-state index in [1.165, 1.54) is 12.2 Å². The molecule has 0 fully saturated rings. The van der Waals surface area contributed by atoms with Crippen LogP contribution in [0.15, 0.2) is 12.4 Å². The first-order valence-corrected chi connectivity index (χ1v) is 6.75.